The second-order valence-corrected chi connectivity index (χ2v) is 6.95. The van der Waals surface area contributed by atoms with Crippen molar-refractivity contribution in [2.24, 2.45) is 7.05 Å². The van der Waals surface area contributed by atoms with E-state index in [0.29, 0.717) is 11.3 Å². The number of imidazole rings is 1. The van der Waals surface area contributed by atoms with Crippen molar-refractivity contribution >= 4 is 17.3 Å². The maximum atomic E-state index is 13.1. The lowest BCUT2D eigenvalue weighted by Gasteiger charge is -2.18. The first kappa shape index (κ1) is 17.3. The molecule has 27 heavy (non-hydrogen) atoms. The van der Waals surface area contributed by atoms with E-state index in [0.717, 1.165) is 36.1 Å². The zero-order chi connectivity index (χ0) is 19.0. The van der Waals surface area contributed by atoms with Gasteiger partial charge in [0.15, 0.2) is 0 Å². The molecule has 0 bridgehead atoms. The van der Waals surface area contributed by atoms with E-state index in [1.807, 2.05) is 49.9 Å². The van der Waals surface area contributed by atoms with Gasteiger partial charge in [0, 0.05) is 43.9 Å². The SMILES string of the molecule is Cc1nn(C)c(-n2ccnc2C)c1C(=O)Nc1cccc(N2CCCC2)c1. The Morgan fingerprint density at radius 3 is 2.67 bits per heavy atom. The molecule has 4 rings (SSSR count). The molecule has 140 valence electrons. The summed E-state index contributed by atoms with van der Waals surface area (Å²) in [5.74, 6) is 1.36. The highest BCUT2D eigenvalue weighted by molar-refractivity contribution is 6.07. The standard InChI is InChI=1S/C20H24N6O/c1-14-18(20(24(3)23-14)26-12-9-21-15(26)2)19(27)22-16-7-6-8-17(13-16)25-10-4-5-11-25/h6-9,12-13H,4-5,10-11H2,1-3H3,(H,22,27). The van der Waals surface area contributed by atoms with Crippen molar-refractivity contribution in [3.05, 3.63) is 53.7 Å². The average Bonchev–Trinajstić information content (AvgIpc) is 3.36. The molecule has 3 heterocycles. The summed E-state index contributed by atoms with van der Waals surface area (Å²) in [6, 6.07) is 8.04. The number of nitrogens with zero attached hydrogens (tertiary/aromatic N) is 5. The number of hydrogen-bond acceptors (Lipinski definition) is 4. The largest absolute Gasteiger partial charge is 0.371 e. The molecule has 0 atom stereocenters. The summed E-state index contributed by atoms with van der Waals surface area (Å²) < 4.78 is 3.61. The van der Waals surface area contributed by atoms with Crippen LogP contribution in [0.15, 0.2) is 36.7 Å². The fourth-order valence-electron chi connectivity index (χ4n) is 3.74. The molecule has 0 saturated carbocycles. The minimum absolute atomic E-state index is 0.165. The van der Waals surface area contributed by atoms with Crippen molar-refractivity contribution in [3.8, 4) is 5.82 Å². The normalized spacial score (nSPS) is 14.0. The van der Waals surface area contributed by atoms with E-state index in [9.17, 15) is 4.79 Å². The number of anilines is 2. The second kappa shape index (κ2) is 6.90. The van der Waals surface area contributed by atoms with Crippen LogP contribution in [0.2, 0.25) is 0 Å². The van der Waals surface area contributed by atoms with E-state index in [1.165, 1.54) is 12.8 Å². The van der Waals surface area contributed by atoms with Gasteiger partial charge in [-0.25, -0.2) is 4.98 Å². The Bertz CT molecular complexity index is 980. The van der Waals surface area contributed by atoms with E-state index in [4.69, 9.17) is 0 Å². The molecule has 3 aromatic rings. The van der Waals surface area contributed by atoms with E-state index in [2.05, 4.69) is 26.4 Å². The monoisotopic (exact) mass is 364 g/mol. The van der Waals surface area contributed by atoms with Crippen LogP contribution in [-0.4, -0.2) is 38.3 Å². The van der Waals surface area contributed by atoms with Gasteiger partial charge in [-0.1, -0.05) is 6.07 Å². The number of carbonyl (C=O) groups excluding carboxylic acids is 1. The van der Waals surface area contributed by atoms with Crippen LogP contribution in [0.5, 0.6) is 0 Å². The molecule has 7 nitrogen and oxygen atoms in total. The predicted octanol–water partition coefficient (Wildman–Crippen LogP) is 3.08. The lowest BCUT2D eigenvalue weighted by atomic mass is 10.2. The first-order valence-corrected chi connectivity index (χ1v) is 9.25. The smallest absolute Gasteiger partial charge is 0.261 e. The summed E-state index contributed by atoms with van der Waals surface area (Å²) in [7, 11) is 1.84. The van der Waals surface area contributed by atoms with Gasteiger partial charge in [0.1, 0.15) is 17.2 Å². The summed E-state index contributed by atoms with van der Waals surface area (Å²) in [6.45, 7) is 5.90. The summed E-state index contributed by atoms with van der Waals surface area (Å²) >= 11 is 0. The first-order chi connectivity index (χ1) is 13.0. The lowest BCUT2D eigenvalue weighted by Crippen LogP contribution is -2.19. The van der Waals surface area contributed by atoms with Gasteiger partial charge in [-0.3, -0.25) is 14.0 Å². The molecule has 1 saturated heterocycles. The molecule has 2 aromatic heterocycles. The highest BCUT2D eigenvalue weighted by atomic mass is 16.1. The van der Waals surface area contributed by atoms with Crippen LogP contribution in [0.25, 0.3) is 5.82 Å². The van der Waals surface area contributed by atoms with Crippen LogP contribution in [0, 0.1) is 13.8 Å². The Morgan fingerprint density at radius 1 is 1.19 bits per heavy atom. The van der Waals surface area contributed by atoms with Crippen molar-refractivity contribution in [2.45, 2.75) is 26.7 Å². The van der Waals surface area contributed by atoms with Crippen molar-refractivity contribution in [1.82, 2.24) is 19.3 Å². The third-order valence-electron chi connectivity index (χ3n) is 5.05. The number of rotatable bonds is 4. The molecule has 7 heteroatoms. The molecule has 1 aliphatic rings. The quantitative estimate of drug-likeness (QED) is 0.772. The number of carbonyl (C=O) groups is 1. The predicted molar refractivity (Wildman–Crippen MR) is 106 cm³/mol. The fraction of sp³-hybridized carbons (Fsp3) is 0.350. The maximum Gasteiger partial charge on any atom is 0.261 e. The number of nitrogens with one attached hydrogen (secondary N) is 1. The lowest BCUT2D eigenvalue weighted by molar-refractivity contribution is 0.102. The van der Waals surface area contributed by atoms with Crippen LogP contribution < -0.4 is 10.2 Å². The van der Waals surface area contributed by atoms with Crippen molar-refractivity contribution < 1.29 is 4.79 Å². The molecule has 1 N–H and O–H groups in total. The number of aryl methyl sites for hydroxylation is 3. The van der Waals surface area contributed by atoms with Crippen LogP contribution in [0.1, 0.15) is 34.7 Å². The van der Waals surface area contributed by atoms with Crippen LogP contribution in [-0.2, 0) is 7.05 Å². The topological polar surface area (TPSA) is 68.0 Å². The van der Waals surface area contributed by atoms with E-state index in [-0.39, 0.29) is 5.91 Å². The third-order valence-corrected chi connectivity index (χ3v) is 5.05. The first-order valence-electron chi connectivity index (χ1n) is 9.25. The molecule has 0 radical (unpaired) electrons. The third kappa shape index (κ3) is 3.20. The van der Waals surface area contributed by atoms with Gasteiger partial charge in [0.2, 0.25) is 0 Å². The molecule has 0 spiro atoms. The molecule has 1 amide bonds. The molecular formula is C20H24N6O. The number of aromatic nitrogens is 4. The Kier molecular flexibility index (Phi) is 4.43. The molecule has 1 aromatic carbocycles. The van der Waals surface area contributed by atoms with Crippen molar-refractivity contribution in [1.29, 1.82) is 0 Å². The molecule has 1 fully saturated rings. The summed E-state index contributed by atoms with van der Waals surface area (Å²) in [5.41, 5.74) is 3.19. The fourth-order valence-corrected chi connectivity index (χ4v) is 3.74. The van der Waals surface area contributed by atoms with E-state index < -0.39 is 0 Å². The Labute approximate surface area is 158 Å². The molecular weight excluding hydrogens is 340 g/mol. The van der Waals surface area contributed by atoms with E-state index in [1.54, 1.807) is 10.9 Å². The number of amides is 1. The Morgan fingerprint density at radius 2 is 1.96 bits per heavy atom. The second-order valence-electron chi connectivity index (χ2n) is 6.95. The van der Waals surface area contributed by atoms with Crippen LogP contribution in [0.3, 0.4) is 0 Å². The summed E-state index contributed by atoms with van der Waals surface area (Å²) in [4.78, 5) is 19.7. The number of benzene rings is 1. The molecule has 1 aliphatic heterocycles. The van der Waals surface area contributed by atoms with Gasteiger partial charge in [0.25, 0.3) is 5.91 Å². The maximum absolute atomic E-state index is 13.1. The number of hydrogen-bond donors (Lipinski definition) is 1. The van der Waals surface area contributed by atoms with Crippen LogP contribution >= 0.6 is 0 Å². The van der Waals surface area contributed by atoms with Crippen LogP contribution in [0.4, 0.5) is 11.4 Å². The average molecular weight is 364 g/mol. The van der Waals surface area contributed by atoms with Gasteiger partial charge in [-0.05, 0) is 44.9 Å². The summed E-state index contributed by atoms with van der Waals surface area (Å²) in [6.07, 6.45) is 6.01. The molecule has 0 unspecified atom stereocenters. The van der Waals surface area contributed by atoms with Gasteiger partial charge in [-0.15, -0.1) is 0 Å². The highest BCUT2D eigenvalue weighted by Gasteiger charge is 2.23. The minimum Gasteiger partial charge on any atom is -0.371 e. The zero-order valence-electron chi connectivity index (χ0n) is 15.9. The minimum atomic E-state index is -0.165. The Hall–Kier alpha value is -3.09. The van der Waals surface area contributed by atoms with Crippen molar-refractivity contribution in [2.75, 3.05) is 23.3 Å². The highest BCUT2D eigenvalue weighted by Crippen LogP contribution is 2.25. The van der Waals surface area contributed by atoms with Gasteiger partial charge in [-0.2, -0.15) is 5.10 Å². The summed E-state index contributed by atoms with van der Waals surface area (Å²) in [5, 5.41) is 7.50. The molecule has 0 aliphatic carbocycles. The van der Waals surface area contributed by atoms with Gasteiger partial charge in [0.05, 0.1) is 5.69 Å². The van der Waals surface area contributed by atoms with Gasteiger partial charge < -0.3 is 10.2 Å². The van der Waals surface area contributed by atoms with E-state index >= 15 is 0 Å². The Balaban J connectivity index is 1.65. The van der Waals surface area contributed by atoms with Crippen molar-refractivity contribution in [3.63, 3.8) is 0 Å². The van der Waals surface area contributed by atoms with Gasteiger partial charge >= 0.3 is 0 Å². The zero-order valence-corrected chi connectivity index (χ0v) is 15.9.